The Balaban J connectivity index is 0.974. The van der Waals surface area contributed by atoms with Crippen molar-refractivity contribution < 1.29 is 14.3 Å². The molecule has 3 fully saturated rings. The van der Waals surface area contributed by atoms with Crippen molar-refractivity contribution in [2.75, 3.05) is 33.3 Å². The van der Waals surface area contributed by atoms with Gasteiger partial charge in [-0.1, -0.05) is 45.1 Å². The minimum atomic E-state index is 0.234. The van der Waals surface area contributed by atoms with Crippen molar-refractivity contribution >= 4 is 0 Å². The molecule has 0 radical (unpaired) electrons. The van der Waals surface area contributed by atoms with Crippen LogP contribution in [0.2, 0.25) is 0 Å². The van der Waals surface area contributed by atoms with Crippen molar-refractivity contribution in [1.29, 1.82) is 0 Å². The van der Waals surface area contributed by atoms with E-state index in [9.17, 15) is 0 Å². The van der Waals surface area contributed by atoms with Gasteiger partial charge in [0.1, 0.15) is 0 Å². The van der Waals surface area contributed by atoms with Gasteiger partial charge in [-0.15, -0.1) is 0 Å². The quantitative estimate of drug-likeness (QED) is 0.185. The molecule has 2 N–H and O–H groups in total. The molecule has 0 saturated heterocycles. The van der Waals surface area contributed by atoms with Crippen molar-refractivity contribution in [1.82, 2.24) is 10.8 Å². The van der Waals surface area contributed by atoms with Crippen LogP contribution in [0.15, 0.2) is 24.3 Å². The van der Waals surface area contributed by atoms with E-state index in [1.807, 2.05) is 0 Å². The van der Waals surface area contributed by atoms with Crippen molar-refractivity contribution in [2.45, 2.75) is 71.8 Å². The lowest BCUT2D eigenvalue weighted by atomic mass is 9.63. The fraction of sp³-hybridized carbons (Fsp3) is 0.857. The van der Waals surface area contributed by atoms with Crippen LogP contribution in [0.5, 0.6) is 0 Å². The molecule has 5 heteroatoms. The molecule has 5 aliphatic rings. The van der Waals surface area contributed by atoms with Gasteiger partial charge >= 0.3 is 0 Å². The second kappa shape index (κ2) is 10.1. The molecule has 0 aromatic heterocycles. The summed E-state index contributed by atoms with van der Waals surface area (Å²) in [5, 5.41) is 3.60. The van der Waals surface area contributed by atoms with Gasteiger partial charge < -0.3 is 9.47 Å². The Morgan fingerprint density at radius 1 is 0.818 bits per heavy atom. The number of fused-ring (bicyclic) bond motifs is 4. The van der Waals surface area contributed by atoms with Gasteiger partial charge in [0, 0.05) is 12.6 Å². The largest absolute Gasteiger partial charge is 0.366 e. The van der Waals surface area contributed by atoms with Crippen molar-refractivity contribution in [3.05, 3.63) is 24.3 Å². The zero-order chi connectivity index (χ0) is 22.9. The maximum absolute atomic E-state index is 6.03. The standard InChI is InChI=1S/C28H46N2O3/c1-27(2)12-26(30-33-19-32-15-25-11-21-5-7-23(25)9-21)13-28(3,16-27)17-29-18-31-14-24-10-20-4-6-22(24)8-20/h4-7,20-26,29-30H,8-19H2,1-3H3. The van der Waals surface area contributed by atoms with E-state index in [2.05, 4.69) is 55.9 Å². The summed E-state index contributed by atoms with van der Waals surface area (Å²) in [4.78, 5) is 5.78. The van der Waals surface area contributed by atoms with Crippen LogP contribution >= 0.6 is 0 Å². The average Bonchev–Trinajstić information content (AvgIpc) is 3.54. The highest BCUT2D eigenvalue weighted by molar-refractivity contribution is 5.10. The molecule has 8 atom stereocenters. The predicted molar refractivity (Wildman–Crippen MR) is 131 cm³/mol. The summed E-state index contributed by atoms with van der Waals surface area (Å²) >= 11 is 0. The minimum Gasteiger partial charge on any atom is -0.366 e. The molecule has 0 aromatic carbocycles. The number of hydrogen-bond donors (Lipinski definition) is 2. The maximum atomic E-state index is 6.03. The smallest absolute Gasteiger partial charge is 0.166 e. The molecular weight excluding hydrogens is 412 g/mol. The number of hydrogen-bond acceptors (Lipinski definition) is 5. The first kappa shape index (κ1) is 24.0. The zero-order valence-corrected chi connectivity index (χ0v) is 21.1. The number of nitrogens with one attached hydrogen (secondary N) is 2. The summed E-state index contributed by atoms with van der Waals surface area (Å²) in [6.45, 7) is 10.9. The monoisotopic (exact) mass is 458 g/mol. The van der Waals surface area contributed by atoms with E-state index < -0.39 is 0 Å². The summed E-state index contributed by atoms with van der Waals surface area (Å²) in [6.07, 6.45) is 18.4. The molecule has 33 heavy (non-hydrogen) atoms. The summed E-state index contributed by atoms with van der Waals surface area (Å²) < 4.78 is 11.9. The van der Waals surface area contributed by atoms with E-state index in [-0.39, 0.29) is 5.41 Å². The number of allylic oxidation sites excluding steroid dienone is 4. The Morgan fingerprint density at radius 3 is 2.09 bits per heavy atom. The van der Waals surface area contributed by atoms with Gasteiger partial charge in [0.25, 0.3) is 0 Å². The van der Waals surface area contributed by atoms with Crippen LogP contribution in [0.25, 0.3) is 0 Å². The van der Waals surface area contributed by atoms with Gasteiger partial charge in [-0.25, -0.2) is 0 Å². The lowest BCUT2D eigenvalue weighted by Crippen LogP contribution is -2.48. The van der Waals surface area contributed by atoms with Crippen LogP contribution in [-0.2, 0) is 14.3 Å². The SMILES string of the molecule is CC1(C)CC(NOCOCC2CC3C=CC2C3)CC(C)(CNCOCC2CC3C=CC2C3)C1. The van der Waals surface area contributed by atoms with E-state index in [4.69, 9.17) is 14.3 Å². The average molecular weight is 459 g/mol. The van der Waals surface area contributed by atoms with Crippen LogP contribution in [0.4, 0.5) is 0 Å². The second-order valence-corrected chi connectivity index (χ2v) is 13.0. The summed E-state index contributed by atoms with van der Waals surface area (Å²) in [5.41, 5.74) is 3.87. The first-order chi connectivity index (χ1) is 15.9. The summed E-state index contributed by atoms with van der Waals surface area (Å²) in [5.74, 6) is 4.57. The van der Waals surface area contributed by atoms with Crippen molar-refractivity contribution in [2.24, 2.45) is 46.3 Å². The van der Waals surface area contributed by atoms with E-state index in [1.54, 1.807) is 0 Å². The number of ether oxygens (including phenoxy) is 2. The molecule has 5 nitrogen and oxygen atoms in total. The van der Waals surface area contributed by atoms with Crippen LogP contribution in [-0.4, -0.2) is 39.3 Å². The van der Waals surface area contributed by atoms with Gasteiger partial charge in [-0.05, 0) is 91.3 Å². The lowest BCUT2D eigenvalue weighted by Gasteiger charge is -2.46. The van der Waals surface area contributed by atoms with Crippen LogP contribution in [0.3, 0.4) is 0 Å². The Labute approximate surface area is 201 Å². The normalized spacial score (nSPS) is 42.6. The predicted octanol–water partition coefficient (Wildman–Crippen LogP) is 5.05. The van der Waals surface area contributed by atoms with Gasteiger partial charge in [0.15, 0.2) is 6.79 Å². The first-order valence-electron chi connectivity index (χ1n) is 13.5. The Bertz CT molecular complexity index is 722. The van der Waals surface area contributed by atoms with E-state index in [0.717, 1.165) is 62.2 Å². The molecule has 5 rings (SSSR count). The summed E-state index contributed by atoms with van der Waals surface area (Å²) in [7, 11) is 0. The van der Waals surface area contributed by atoms with Crippen LogP contribution in [0.1, 0.15) is 65.7 Å². The van der Waals surface area contributed by atoms with Gasteiger partial charge in [0.2, 0.25) is 0 Å². The molecular formula is C28H46N2O3. The van der Waals surface area contributed by atoms with Gasteiger partial charge in [-0.3, -0.25) is 10.2 Å². The van der Waals surface area contributed by atoms with Gasteiger partial charge in [-0.2, -0.15) is 5.48 Å². The Morgan fingerprint density at radius 2 is 1.48 bits per heavy atom. The van der Waals surface area contributed by atoms with E-state index in [1.165, 1.54) is 32.1 Å². The third-order valence-corrected chi connectivity index (χ3v) is 9.09. The molecule has 0 aromatic rings. The summed E-state index contributed by atoms with van der Waals surface area (Å²) in [6, 6.07) is 0.358. The van der Waals surface area contributed by atoms with Crippen LogP contribution in [0, 0.1) is 46.3 Å². The third kappa shape index (κ3) is 6.10. The Kier molecular flexibility index (Phi) is 7.35. The molecule has 0 heterocycles. The molecule has 5 aliphatic carbocycles. The highest BCUT2D eigenvalue weighted by Gasteiger charge is 2.41. The molecule has 0 amide bonds. The molecule has 0 spiro atoms. The minimum absolute atomic E-state index is 0.234. The highest BCUT2D eigenvalue weighted by Crippen LogP contribution is 2.46. The van der Waals surface area contributed by atoms with E-state index in [0.29, 0.717) is 30.9 Å². The molecule has 186 valence electrons. The third-order valence-electron chi connectivity index (χ3n) is 9.09. The van der Waals surface area contributed by atoms with E-state index >= 15 is 0 Å². The Hall–Kier alpha value is -0.720. The fourth-order valence-corrected chi connectivity index (χ4v) is 8.05. The molecule has 0 aliphatic heterocycles. The first-order valence-corrected chi connectivity index (χ1v) is 13.5. The van der Waals surface area contributed by atoms with Gasteiger partial charge in [0.05, 0.1) is 19.9 Å². The number of hydroxylamine groups is 1. The second-order valence-electron chi connectivity index (χ2n) is 13.0. The fourth-order valence-electron chi connectivity index (χ4n) is 8.05. The molecule has 3 saturated carbocycles. The topological polar surface area (TPSA) is 51.8 Å². The molecule has 4 bridgehead atoms. The lowest BCUT2D eigenvalue weighted by molar-refractivity contribution is -0.130. The van der Waals surface area contributed by atoms with Crippen LogP contribution < -0.4 is 10.8 Å². The highest BCUT2D eigenvalue weighted by atomic mass is 16.8. The van der Waals surface area contributed by atoms with Crippen molar-refractivity contribution in [3.8, 4) is 0 Å². The van der Waals surface area contributed by atoms with Crippen molar-refractivity contribution in [3.63, 3.8) is 0 Å². The maximum Gasteiger partial charge on any atom is 0.166 e. The molecule has 8 unspecified atom stereocenters. The number of rotatable bonds is 12. The zero-order valence-electron chi connectivity index (χ0n) is 21.1.